The summed E-state index contributed by atoms with van der Waals surface area (Å²) in [5, 5.41) is 9.39. The maximum absolute atomic E-state index is 12.3. The first kappa shape index (κ1) is 19.7. The van der Waals surface area contributed by atoms with Crippen molar-refractivity contribution in [1.82, 2.24) is 10.6 Å². The number of carbonyl (C=O) groups is 2. The standard InChI is InChI=1S/C19H27N3O2.ClH/c1-13-11-14(19(24)21-15-5-2-3-6-15)8-9-17(13)22-18(23)12-16-7-4-10-20-16;/h8-9,11,15-16,20H,2-7,10,12H2,1H3,(H,21,24)(H,22,23);1H. The highest BCUT2D eigenvalue weighted by atomic mass is 35.5. The summed E-state index contributed by atoms with van der Waals surface area (Å²) in [6.07, 6.45) is 7.26. The molecule has 6 heteroatoms. The van der Waals surface area contributed by atoms with Crippen molar-refractivity contribution >= 4 is 29.9 Å². The number of carbonyl (C=O) groups excluding carboxylic acids is 2. The average Bonchev–Trinajstić information content (AvgIpc) is 3.23. The van der Waals surface area contributed by atoms with Crippen LogP contribution in [0.2, 0.25) is 0 Å². The van der Waals surface area contributed by atoms with E-state index in [9.17, 15) is 9.59 Å². The fourth-order valence-electron chi connectivity index (χ4n) is 3.64. The maximum atomic E-state index is 12.3. The molecule has 1 aliphatic carbocycles. The minimum Gasteiger partial charge on any atom is -0.349 e. The minimum atomic E-state index is -0.0157. The summed E-state index contributed by atoms with van der Waals surface area (Å²) in [5.74, 6) is 0.0127. The zero-order valence-corrected chi connectivity index (χ0v) is 15.6. The second kappa shape index (κ2) is 9.20. The van der Waals surface area contributed by atoms with Gasteiger partial charge in [-0.25, -0.2) is 0 Å². The predicted molar refractivity (Wildman–Crippen MR) is 102 cm³/mol. The summed E-state index contributed by atoms with van der Waals surface area (Å²) >= 11 is 0. The molecule has 3 N–H and O–H groups in total. The smallest absolute Gasteiger partial charge is 0.251 e. The van der Waals surface area contributed by atoms with E-state index >= 15 is 0 Å². The van der Waals surface area contributed by atoms with Crippen molar-refractivity contribution in [1.29, 1.82) is 0 Å². The number of anilines is 1. The molecule has 1 atom stereocenters. The summed E-state index contributed by atoms with van der Waals surface area (Å²) in [4.78, 5) is 24.4. The van der Waals surface area contributed by atoms with Gasteiger partial charge in [0.1, 0.15) is 0 Å². The lowest BCUT2D eigenvalue weighted by Gasteiger charge is -2.14. The molecule has 1 saturated heterocycles. The van der Waals surface area contributed by atoms with Crippen LogP contribution >= 0.6 is 12.4 Å². The number of nitrogens with one attached hydrogen (secondary N) is 3. The second-order valence-corrected chi connectivity index (χ2v) is 7.03. The first-order chi connectivity index (χ1) is 11.6. The number of rotatable bonds is 5. The van der Waals surface area contributed by atoms with Crippen LogP contribution in [0.25, 0.3) is 0 Å². The van der Waals surface area contributed by atoms with Gasteiger partial charge in [-0.05, 0) is 62.9 Å². The largest absolute Gasteiger partial charge is 0.349 e. The molecule has 0 bridgehead atoms. The predicted octanol–water partition coefficient (Wildman–Crippen LogP) is 3.17. The fourth-order valence-corrected chi connectivity index (χ4v) is 3.64. The quantitative estimate of drug-likeness (QED) is 0.750. The van der Waals surface area contributed by atoms with E-state index < -0.39 is 0 Å². The molecule has 1 saturated carbocycles. The molecule has 2 aliphatic rings. The lowest BCUT2D eigenvalue weighted by molar-refractivity contribution is -0.116. The van der Waals surface area contributed by atoms with E-state index in [1.807, 2.05) is 19.1 Å². The van der Waals surface area contributed by atoms with Crippen LogP contribution < -0.4 is 16.0 Å². The van der Waals surface area contributed by atoms with E-state index in [1.54, 1.807) is 6.07 Å². The van der Waals surface area contributed by atoms with E-state index in [-0.39, 0.29) is 24.2 Å². The van der Waals surface area contributed by atoms with Gasteiger partial charge in [0.25, 0.3) is 5.91 Å². The Morgan fingerprint density at radius 3 is 2.56 bits per heavy atom. The summed E-state index contributed by atoms with van der Waals surface area (Å²) in [7, 11) is 0. The molecule has 0 aromatic heterocycles. The Labute approximate surface area is 155 Å². The SMILES string of the molecule is Cc1cc(C(=O)NC2CCCC2)ccc1NC(=O)CC1CCCN1.Cl. The average molecular weight is 366 g/mol. The number of halogens is 1. The zero-order valence-electron chi connectivity index (χ0n) is 14.8. The first-order valence-corrected chi connectivity index (χ1v) is 9.06. The Kier molecular flexibility index (Phi) is 7.26. The normalized spacial score (nSPS) is 20.1. The van der Waals surface area contributed by atoms with Gasteiger partial charge in [0.2, 0.25) is 5.91 Å². The Bertz CT molecular complexity index is 609. The van der Waals surface area contributed by atoms with Crippen molar-refractivity contribution in [2.45, 2.75) is 64.0 Å². The second-order valence-electron chi connectivity index (χ2n) is 7.03. The molecule has 1 heterocycles. The third-order valence-electron chi connectivity index (χ3n) is 5.05. The topological polar surface area (TPSA) is 70.2 Å². The first-order valence-electron chi connectivity index (χ1n) is 9.06. The van der Waals surface area contributed by atoms with Gasteiger partial charge < -0.3 is 16.0 Å². The van der Waals surface area contributed by atoms with Crippen molar-refractivity contribution < 1.29 is 9.59 Å². The number of benzene rings is 1. The maximum Gasteiger partial charge on any atom is 0.251 e. The summed E-state index contributed by atoms with van der Waals surface area (Å²) in [6, 6.07) is 6.09. The fraction of sp³-hybridized carbons (Fsp3) is 0.579. The van der Waals surface area contributed by atoms with Crippen LogP contribution in [0.3, 0.4) is 0 Å². The van der Waals surface area contributed by atoms with Gasteiger partial charge in [-0.2, -0.15) is 0 Å². The Morgan fingerprint density at radius 1 is 1.16 bits per heavy atom. The zero-order chi connectivity index (χ0) is 16.9. The van der Waals surface area contributed by atoms with Crippen LogP contribution in [0.15, 0.2) is 18.2 Å². The van der Waals surface area contributed by atoms with Gasteiger partial charge >= 0.3 is 0 Å². The van der Waals surface area contributed by atoms with E-state index in [4.69, 9.17) is 0 Å². The molecule has 2 fully saturated rings. The summed E-state index contributed by atoms with van der Waals surface area (Å²) in [5.41, 5.74) is 2.37. The Balaban J connectivity index is 0.00000225. The molecule has 1 aliphatic heterocycles. The highest BCUT2D eigenvalue weighted by Gasteiger charge is 2.20. The molecule has 1 aromatic carbocycles. The van der Waals surface area contributed by atoms with E-state index in [1.165, 1.54) is 12.8 Å². The molecule has 5 nitrogen and oxygen atoms in total. The Morgan fingerprint density at radius 2 is 1.92 bits per heavy atom. The van der Waals surface area contributed by atoms with Crippen LogP contribution in [-0.4, -0.2) is 30.4 Å². The van der Waals surface area contributed by atoms with Gasteiger partial charge in [-0.3, -0.25) is 9.59 Å². The number of hydrogen-bond donors (Lipinski definition) is 3. The molecular formula is C19H28ClN3O2. The van der Waals surface area contributed by atoms with Crippen LogP contribution in [-0.2, 0) is 4.79 Å². The van der Waals surface area contributed by atoms with Crippen molar-refractivity contribution in [3.05, 3.63) is 29.3 Å². The number of hydrogen-bond acceptors (Lipinski definition) is 3. The van der Waals surface area contributed by atoms with Crippen LogP contribution in [0, 0.1) is 6.92 Å². The van der Waals surface area contributed by atoms with Crippen LogP contribution in [0.5, 0.6) is 0 Å². The summed E-state index contributed by atoms with van der Waals surface area (Å²) in [6.45, 7) is 2.93. The van der Waals surface area contributed by atoms with E-state index in [0.29, 0.717) is 24.1 Å². The van der Waals surface area contributed by atoms with Crippen LogP contribution in [0.4, 0.5) is 5.69 Å². The number of aryl methyl sites for hydroxylation is 1. The van der Waals surface area contributed by atoms with Gasteiger partial charge in [0.05, 0.1) is 0 Å². The highest BCUT2D eigenvalue weighted by Crippen LogP contribution is 2.20. The molecule has 1 aromatic rings. The van der Waals surface area contributed by atoms with Crippen molar-refractivity contribution in [3.63, 3.8) is 0 Å². The van der Waals surface area contributed by atoms with E-state index in [0.717, 1.165) is 43.5 Å². The molecule has 25 heavy (non-hydrogen) atoms. The molecule has 3 rings (SSSR count). The highest BCUT2D eigenvalue weighted by molar-refractivity contribution is 5.96. The van der Waals surface area contributed by atoms with Gasteiger partial charge in [0, 0.05) is 29.8 Å². The van der Waals surface area contributed by atoms with Gasteiger partial charge in [-0.1, -0.05) is 12.8 Å². The van der Waals surface area contributed by atoms with Gasteiger partial charge in [0.15, 0.2) is 0 Å². The molecule has 1 unspecified atom stereocenters. The summed E-state index contributed by atoms with van der Waals surface area (Å²) < 4.78 is 0. The number of amides is 2. The Hall–Kier alpha value is -1.59. The van der Waals surface area contributed by atoms with Crippen molar-refractivity contribution in [2.24, 2.45) is 0 Å². The molecular weight excluding hydrogens is 338 g/mol. The van der Waals surface area contributed by atoms with Crippen LogP contribution in [0.1, 0.15) is 60.9 Å². The molecule has 138 valence electrons. The monoisotopic (exact) mass is 365 g/mol. The third-order valence-corrected chi connectivity index (χ3v) is 5.05. The third kappa shape index (κ3) is 5.44. The molecule has 0 radical (unpaired) electrons. The molecule has 2 amide bonds. The van der Waals surface area contributed by atoms with Gasteiger partial charge in [-0.15, -0.1) is 12.4 Å². The lowest BCUT2D eigenvalue weighted by Crippen LogP contribution is -2.32. The van der Waals surface area contributed by atoms with Crippen molar-refractivity contribution in [2.75, 3.05) is 11.9 Å². The lowest BCUT2D eigenvalue weighted by atomic mass is 10.1. The van der Waals surface area contributed by atoms with E-state index in [2.05, 4.69) is 16.0 Å². The minimum absolute atomic E-state index is 0. The van der Waals surface area contributed by atoms with Crippen molar-refractivity contribution in [3.8, 4) is 0 Å². The molecule has 0 spiro atoms.